The minimum atomic E-state index is -4.45. The summed E-state index contributed by atoms with van der Waals surface area (Å²) in [7, 11) is 0. The van der Waals surface area contributed by atoms with Crippen molar-refractivity contribution >= 4 is 21.8 Å². The summed E-state index contributed by atoms with van der Waals surface area (Å²) in [6, 6.07) is 50.1. The van der Waals surface area contributed by atoms with Crippen LogP contribution in [0.1, 0.15) is 22.3 Å². The topological polar surface area (TPSA) is 43.6 Å². The van der Waals surface area contributed by atoms with Crippen LogP contribution >= 0.6 is 0 Å². The molecule has 272 valence electrons. The number of para-hydroxylation sites is 1. The fraction of sp³-hybridized carbons (Fsp3) is 0.0816. The zero-order valence-corrected chi connectivity index (χ0v) is 30.9. The molecule has 0 bridgehead atoms. The Morgan fingerprint density at radius 1 is 0.446 bits per heavy atom. The molecule has 0 fully saturated rings. The predicted octanol–water partition coefficient (Wildman–Crippen LogP) is 13.2. The van der Waals surface area contributed by atoms with E-state index in [0.717, 1.165) is 67.4 Å². The summed E-state index contributed by atoms with van der Waals surface area (Å²) < 4.78 is 43.4. The highest BCUT2D eigenvalue weighted by atomic mass is 19.4. The Hall–Kier alpha value is -6.86. The van der Waals surface area contributed by atoms with Crippen LogP contribution in [0.15, 0.2) is 158 Å². The molecule has 0 aliphatic heterocycles. The number of hydrogen-bond donors (Lipinski definition) is 0. The number of aryl methyl sites for hydroxylation is 3. The van der Waals surface area contributed by atoms with Gasteiger partial charge in [-0.15, -0.1) is 0 Å². The van der Waals surface area contributed by atoms with Gasteiger partial charge < -0.3 is 4.57 Å². The van der Waals surface area contributed by atoms with E-state index in [4.69, 9.17) is 15.0 Å². The first kappa shape index (κ1) is 34.9. The summed E-state index contributed by atoms with van der Waals surface area (Å²) in [5, 5.41) is 2.13. The normalized spacial score (nSPS) is 11.8. The van der Waals surface area contributed by atoms with Crippen molar-refractivity contribution in [3.05, 3.63) is 180 Å². The van der Waals surface area contributed by atoms with Gasteiger partial charge in [0.1, 0.15) is 0 Å². The minimum absolute atomic E-state index is 0.478. The molecule has 2 aromatic heterocycles. The van der Waals surface area contributed by atoms with Gasteiger partial charge in [-0.3, -0.25) is 0 Å². The lowest BCUT2D eigenvalue weighted by atomic mass is 9.93. The first-order valence-electron chi connectivity index (χ1n) is 18.4. The molecular formula is C49H35F3N4. The Bertz CT molecular complexity index is 2830. The average molecular weight is 737 g/mol. The third kappa shape index (κ3) is 6.31. The molecular weight excluding hydrogens is 702 g/mol. The lowest BCUT2D eigenvalue weighted by Gasteiger charge is -2.17. The van der Waals surface area contributed by atoms with Crippen LogP contribution in [0.5, 0.6) is 0 Å². The smallest absolute Gasteiger partial charge is 0.309 e. The van der Waals surface area contributed by atoms with Gasteiger partial charge in [-0.05, 0) is 85.0 Å². The van der Waals surface area contributed by atoms with Gasteiger partial charge in [0, 0.05) is 33.0 Å². The molecule has 0 spiro atoms. The number of alkyl halides is 3. The highest BCUT2D eigenvalue weighted by Crippen LogP contribution is 2.41. The maximum Gasteiger partial charge on any atom is 0.416 e. The van der Waals surface area contributed by atoms with E-state index >= 15 is 0 Å². The third-order valence-electron chi connectivity index (χ3n) is 10.4. The zero-order valence-electron chi connectivity index (χ0n) is 30.9. The Kier molecular flexibility index (Phi) is 8.58. The Labute approximate surface area is 322 Å². The van der Waals surface area contributed by atoms with Crippen molar-refractivity contribution in [2.45, 2.75) is 26.9 Å². The fourth-order valence-corrected chi connectivity index (χ4v) is 7.90. The molecule has 56 heavy (non-hydrogen) atoms. The molecule has 7 aromatic carbocycles. The number of aromatic nitrogens is 4. The second-order valence-corrected chi connectivity index (χ2v) is 14.2. The number of benzene rings is 7. The Morgan fingerprint density at radius 2 is 0.964 bits per heavy atom. The Morgan fingerprint density at radius 3 is 1.57 bits per heavy atom. The van der Waals surface area contributed by atoms with Crippen LogP contribution in [0.4, 0.5) is 13.2 Å². The summed E-state index contributed by atoms with van der Waals surface area (Å²) in [6.45, 7) is 6.42. The molecule has 0 saturated heterocycles. The zero-order chi connectivity index (χ0) is 38.6. The molecule has 9 rings (SSSR count). The van der Waals surface area contributed by atoms with Crippen LogP contribution in [0.3, 0.4) is 0 Å². The molecule has 0 aliphatic rings. The summed E-state index contributed by atoms with van der Waals surface area (Å²) in [4.78, 5) is 14.9. The Balaban J connectivity index is 1.31. The van der Waals surface area contributed by atoms with Gasteiger partial charge in [0.25, 0.3) is 0 Å². The van der Waals surface area contributed by atoms with Crippen molar-refractivity contribution in [2.24, 2.45) is 0 Å². The van der Waals surface area contributed by atoms with E-state index in [1.54, 1.807) is 12.1 Å². The van der Waals surface area contributed by atoms with E-state index in [-0.39, 0.29) is 0 Å². The lowest BCUT2D eigenvalue weighted by molar-refractivity contribution is -0.137. The standard InChI is InChI=1S/C49H35F3N4/c1-30-26-31(2)45(32(3)27-30)36-21-25-43-41(28-36)40-16-10-11-17-42(40)56(43)44-29-37(20-24-39(44)33-18-22-38(23-19-33)49(50,51)52)48-54-46(34-12-6-4-7-13-34)53-47(55-48)35-14-8-5-9-15-35/h4-29H,1-3H3. The fourth-order valence-electron chi connectivity index (χ4n) is 7.90. The van der Waals surface area contributed by atoms with Crippen molar-refractivity contribution in [1.29, 1.82) is 0 Å². The number of fused-ring (bicyclic) bond motifs is 3. The van der Waals surface area contributed by atoms with Crippen LogP contribution in [-0.4, -0.2) is 19.5 Å². The second-order valence-electron chi connectivity index (χ2n) is 14.2. The summed E-state index contributed by atoms with van der Waals surface area (Å²) in [5.74, 6) is 1.55. The molecule has 0 unspecified atom stereocenters. The van der Waals surface area contributed by atoms with E-state index in [1.807, 2.05) is 91.0 Å². The molecule has 4 nitrogen and oxygen atoms in total. The summed E-state index contributed by atoms with van der Waals surface area (Å²) in [6.07, 6.45) is -4.45. The van der Waals surface area contributed by atoms with Gasteiger partial charge >= 0.3 is 6.18 Å². The van der Waals surface area contributed by atoms with E-state index < -0.39 is 11.7 Å². The molecule has 2 heterocycles. The lowest BCUT2D eigenvalue weighted by Crippen LogP contribution is -2.04. The molecule has 9 aromatic rings. The van der Waals surface area contributed by atoms with Crippen LogP contribution < -0.4 is 0 Å². The molecule has 0 amide bonds. The molecule has 7 heteroatoms. The third-order valence-corrected chi connectivity index (χ3v) is 10.4. The summed E-state index contributed by atoms with van der Waals surface area (Å²) >= 11 is 0. The maximum atomic E-state index is 13.7. The largest absolute Gasteiger partial charge is 0.416 e. The predicted molar refractivity (Wildman–Crippen MR) is 221 cm³/mol. The van der Waals surface area contributed by atoms with Crippen molar-refractivity contribution < 1.29 is 13.2 Å². The van der Waals surface area contributed by atoms with Crippen LogP contribution in [0.25, 0.3) is 83.9 Å². The molecule has 0 radical (unpaired) electrons. The van der Waals surface area contributed by atoms with Crippen LogP contribution in [0.2, 0.25) is 0 Å². The second kappa shape index (κ2) is 13.8. The number of halogens is 3. The molecule has 0 saturated carbocycles. The minimum Gasteiger partial charge on any atom is -0.309 e. The van der Waals surface area contributed by atoms with Gasteiger partial charge in [-0.25, -0.2) is 15.0 Å². The first-order chi connectivity index (χ1) is 27.1. The van der Waals surface area contributed by atoms with E-state index in [1.165, 1.54) is 22.3 Å². The summed E-state index contributed by atoms with van der Waals surface area (Å²) in [5.41, 5.74) is 11.9. The van der Waals surface area contributed by atoms with Gasteiger partial charge in [0.2, 0.25) is 0 Å². The number of nitrogens with zero attached hydrogens (tertiary/aromatic N) is 4. The van der Waals surface area contributed by atoms with E-state index in [9.17, 15) is 13.2 Å². The van der Waals surface area contributed by atoms with E-state index in [0.29, 0.717) is 23.0 Å². The highest BCUT2D eigenvalue weighted by Gasteiger charge is 2.30. The van der Waals surface area contributed by atoms with Crippen LogP contribution in [-0.2, 0) is 6.18 Å². The van der Waals surface area contributed by atoms with Crippen LogP contribution in [0, 0.1) is 20.8 Å². The van der Waals surface area contributed by atoms with Crippen molar-refractivity contribution in [3.63, 3.8) is 0 Å². The van der Waals surface area contributed by atoms with Gasteiger partial charge in [0.15, 0.2) is 17.5 Å². The van der Waals surface area contributed by atoms with Crippen molar-refractivity contribution in [3.8, 4) is 62.1 Å². The maximum absolute atomic E-state index is 13.7. The monoisotopic (exact) mass is 736 g/mol. The molecule has 0 N–H and O–H groups in total. The van der Waals surface area contributed by atoms with Gasteiger partial charge in [-0.2, -0.15) is 13.2 Å². The quantitative estimate of drug-likeness (QED) is 0.171. The molecule has 0 aliphatic carbocycles. The van der Waals surface area contributed by atoms with Crippen molar-refractivity contribution in [2.75, 3.05) is 0 Å². The number of hydrogen-bond acceptors (Lipinski definition) is 3. The van der Waals surface area contributed by atoms with Gasteiger partial charge in [0.05, 0.1) is 22.3 Å². The first-order valence-corrected chi connectivity index (χ1v) is 18.4. The van der Waals surface area contributed by atoms with E-state index in [2.05, 4.69) is 67.8 Å². The highest BCUT2D eigenvalue weighted by molar-refractivity contribution is 6.11. The SMILES string of the molecule is Cc1cc(C)c(-c2ccc3c(c2)c2ccccc2n3-c2cc(-c3nc(-c4ccccc4)nc(-c4ccccc4)n3)ccc2-c2ccc(C(F)(F)F)cc2)c(C)c1. The number of rotatable bonds is 6. The molecule has 0 atom stereocenters. The average Bonchev–Trinajstić information content (AvgIpc) is 3.54. The van der Waals surface area contributed by atoms with Crippen molar-refractivity contribution in [1.82, 2.24) is 19.5 Å². The van der Waals surface area contributed by atoms with Gasteiger partial charge in [-0.1, -0.05) is 127 Å².